The molecule has 2 aliphatic rings. The minimum absolute atomic E-state index is 0.212. The second-order valence-electron chi connectivity index (χ2n) is 6.78. The Hall–Kier alpha value is -1.85. The number of guanidine groups is 1. The van der Waals surface area contributed by atoms with Gasteiger partial charge in [0.1, 0.15) is 11.6 Å². The van der Waals surface area contributed by atoms with Gasteiger partial charge in [0.2, 0.25) is 0 Å². The Bertz CT molecular complexity index is 605. The highest BCUT2D eigenvalue weighted by atomic mass is 19.1. The van der Waals surface area contributed by atoms with Gasteiger partial charge >= 0.3 is 0 Å². The van der Waals surface area contributed by atoms with E-state index in [0.717, 1.165) is 30.9 Å². The third kappa shape index (κ3) is 3.97. The SMILES string of the molecule is CCCC1CC1NC(=NC)NC1CCN(c2ccc(F)cc2F)C1. The molecule has 3 atom stereocenters. The number of halogens is 2. The minimum Gasteiger partial charge on any atom is -0.367 e. The lowest BCUT2D eigenvalue weighted by Gasteiger charge is -2.21. The molecule has 1 saturated heterocycles. The van der Waals surface area contributed by atoms with Crippen LogP contribution in [0.2, 0.25) is 0 Å². The van der Waals surface area contributed by atoms with Crippen molar-refractivity contribution in [1.29, 1.82) is 0 Å². The van der Waals surface area contributed by atoms with Crippen LogP contribution >= 0.6 is 0 Å². The summed E-state index contributed by atoms with van der Waals surface area (Å²) in [6.45, 7) is 3.65. The quantitative estimate of drug-likeness (QED) is 0.642. The molecule has 1 aromatic rings. The minimum atomic E-state index is -0.541. The topological polar surface area (TPSA) is 39.7 Å². The fourth-order valence-corrected chi connectivity index (χ4v) is 3.49. The van der Waals surface area contributed by atoms with Crippen molar-refractivity contribution in [2.75, 3.05) is 25.0 Å². The zero-order valence-corrected chi connectivity index (χ0v) is 14.4. The van der Waals surface area contributed by atoms with E-state index in [4.69, 9.17) is 0 Å². The zero-order chi connectivity index (χ0) is 17.1. The Balaban J connectivity index is 1.52. The third-order valence-electron chi connectivity index (χ3n) is 4.91. The largest absolute Gasteiger partial charge is 0.367 e. The van der Waals surface area contributed by atoms with Crippen LogP contribution in [-0.2, 0) is 0 Å². The number of hydrogen-bond acceptors (Lipinski definition) is 2. The number of benzene rings is 1. The van der Waals surface area contributed by atoms with E-state index in [0.29, 0.717) is 18.3 Å². The lowest BCUT2D eigenvalue weighted by atomic mass is 10.2. The van der Waals surface area contributed by atoms with Gasteiger partial charge in [0.15, 0.2) is 5.96 Å². The molecule has 0 amide bonds. The van der Waals surface area contributed by atoms with E-state index in [9.17, 15) is 8.78 Å². The molecule has 0 aromatic heterocycles. The van der Waals surface area contributed by atoms with Crippen molar-refractivity contribution in [1.82, 2.24) is 10.6 Å². The van der Waals surface area contributed by atoms with Crippen LogP contribution in [0.3, 0.4) is 0 Å². The normalized spacial score (nSPS) is 26.6. The molecule has 3 unspecified atom stereocenters. The molecule has 1 saturated carbocycles. The molecule has 4 nitrogen and oxygen atoms in total. The van der Waals surface area contributed by atoms with Crippen LogP contribution in [0.15, 0.2) is 23.2 Å². The van der Waals surface area contributed by atoms with Gasteiger partial charge in [-0.3, -0.25) is 4.99 Å². The van der Waals surface area contributed by atoms with Gasteiger partial charge < -0.3 is 15.5 Å². The highest BCUT2D eigenvalue weighted by Crippen LogP contribution is 2.34. The van der Waals surface area contributed by atoms with E-state index in [2.05, 4.69) is 22.5 Å². The molecule has 0 bridgehead atoms. The van der Waals surface area contributed by atoms with Crippen LogP contribution in [0.1, 0.15) is 32.6 Å². The zero-order valence-electron chi connectivity index (χ0n) is 14.4. The lowest BCUT2D eigenvalue weighted by Crippen LogP contribution is -2.45. The van der Waals surface area contributed by atoms with Gasteiger partial charge in [-0.25, -0.2) is 8.78 Å². The Kier molecular flexibility index (Phi) is 5.21. The average molecular weight is 336 g/mol. The van der Waals surface area contributed by atoms with E-state index in [-0.39, 0.29) is 6.04 Å². The van der Waals surface area contributed by atoms with E-state index < -0.39 is 11.6 Å². The maximum Gasteiger partial charge on any atom is 0.191 e. The van der Waals surface area contributed by atoms with Crippen molar-refractivity contribution in [3.8, 4) is 0 Å². The van der Waals surface area contributed by atoms with Gasteiger partial charge in [-0.2, -0.15) is 0 Å². The van der Waals surface area contributed by atoms with Crippen molar-refractivity contribution in [3.63, 3.8) is 0 Å². The summed E-state index contributed by atoms with van der Waals surface area (Å²) in [4.78, 5) is 6.26. The summed E-state index contributed by atoms with van der Waals surface area (Å²) >= 11 is 0. The van der Waals surface area contributed by atoms with Gasteiger partial charge in [-0.05, 0) is 37.3 Å². The second kappa shape index (κ2) is 7.36. The molecular formula is C18H26F2N4. The average Bonchev–Trinajstić information content (AvgIpc) is 3.10. The molecule has 1 aliphatic carbocycles. The van der Waals surface area contributed by atoms with Gasteiger partial charge in [0, 0.05) is 38.3 Å². The van der Waals surface area contributed by atoms with Crippen LogP contribution in [0.25, 0.3) is 0 Å². The summed E-state index contributed by atoms with van der Waals surface area (Å²) in [5.41, 5.74) is 0.467. The molecule has 1 heterocycles. The number of nitrogens with one attached hydrogen (secondary N) is 2. The maximum atomic E-state index is 13.9. The van der Waals surface area contributed by atoms with E-state index in [1.54, 1.807) is 7.05 Å². The summed E-state index contributed by atoms with van der Waals surface area (Å²) in [6.07, 6.45) is 4.60. The van der Waals surface area contributed by atoms with Gasteiger partial charge in [-0.1, -0.05) is 13.3 Å². The first-order valence-electron chi connectivity index (χ1n) is 8.80. The first-order valence-corrected chi connectivity index (χ1v) is 8.80. The molecule has 1 aromatic carbocycles. The van der Waals surface area contributed by atoms with Crippen molar-refractivity contribution in [3.05, 3.63) is 29.8 Å². The van der Waals surface area contributed by atoms with Crippen LogP contribution < -0.4 is 15.5 Å². The van der Waals surface area contributed by atoms with Crippen LogP contribution in [0, 0.1) is 17.6 Å². The standard InChI is InChI=1S/C18H26F2N4/c1-3-4-12-9-16(12)23-18(21-2)22-14-7-8-24(11-14)17-6-5-13(19)10-15(17)20/h5-6,10,12,14,16H,3-4,7-9,11H2,1-2H3,(H2,21,22,23). The number of rotatable bonds is 5. The van der Waals surface area contributed by atoms with Gasteiger partial charge in [0.05, 0.1) is 5.69 Å². The monoisotopic (exact) mass is 336 g/mol. The van der Waals surface area contributed by atoms with Crippen molar-refractivity contribution in [2.45, 2.75) is 44.7 Å². The smallest absolute Gasteiger partial charge is 0.191 e. The van der Waals surface area contributed by atoms with Crippen molar-refractivity contribution < 1.29 is 8.78 Å². The Labute approximate surface area is 142 Å². The van der Waals surface area contributed by atoms with Gasteiger partial charge in [-0.15, -0.1) is 0 Å². The number of nitrogens with zero attached hydrogens (tertiary/aromatic N) is 2. The van der Waals surface area contributed by atoms with Crippen molar-refractivity contribution in [2.24, 2.45) is 10.9 Å². The van der Waals surface area contributed by atoms with Gasteiger partial charge in [0.25, 0.3) is 0 Å². The molecule has 0 spiro atoms. The molecule has 24 heavy (non-hydrogen) atoms. The molecular weight excluding hydrogens is 310 g/mol. The number of anilines is 1. The predicted octanol–water partition coefficient (Wildman–Crippen LogP) is 2.90. The van der Waals surface area contributed by atoms with E-state index >= 15 is 0 Å². The second-order valence-corrected chi connectivity index (χ2v) is 6.78. The Morgan fingerprint density at radius 1 is 1.33 bits per heavy atom. The van der Waals surface area contributed by atoms with E-state index in [1.807, 2.05) is 4.90 Å². The van der Waals surface area contributed by atoms with Crippen LogP contribution in [0.4, 0.5) is 14.5 Å². The highest BCUT2D eigenvalue weighted by molar-refractivity contribution is 5.80. The summed E-state index contributed by atoms with van der Waals surface area (Å²) in [6, 6.07) is 4.50. The van der Waals surface area contributed by atoms with Crippen LogP contribution in [0.5, 0.6) is 0 Å². The Morgan fingerprint density at radius 3 is 2.88 bits per heavy atom. The summed E-state index contributed by atoms with van der Waals surface area (Å²) in [7, 11) is 1.78. The van der Waals surface area contributed by atoms with E-state index in [1.165, 1.54) is 31.4 Å². The third-order valence-corrected chi connectivity index (χ3v) is 4.91. The lowest BCUT2D eigenvalue weighted by molar-refractivity contribution is 0.580. The molecule has 2 fully saturated rings. The summed E-state index contributed by atoms with van der Waals surface area (Å²) in [5, 5.41) is 6.90. The summed E-state index contributed by atoms with van der Waals surface area (Å²) in [5.74, 6) is 0.548. The number of hydrogen-bond donors (Lipinski definition) is 2. The first kappa shape index (κ1) is 17.0. The fourth-order valence-electron chi connectivity index (χ4n) is 3.49. The first-order chi connectivity index (χ1) is 11.6. The molecule has 2 N–H and O–H groups in total. The highest BCUT2D eigenvalue weighted by Gasteiger charge is 2.37. The molecule has 132 valence electrons. The molecule has 0 radical (unpaired) electrons. The fraction of sp³-hybridized carbons (Fsp3) is 0.611. The Morgan fingerprint density at radius 2 is 2.17 bits per heavy atom. The molecule has 6 heteroatoms. The van der Waals surface area contributed by atoms with Crippen molar-refractivity contribution >= 4 is 11.6 Å². The maximum absolute atomic E-state index is 13.9. The number of aliphatic imine (C=N–C) groups is 1. The predicted molar refractivity (Wildman–Crippen MR) is 93.4 cm³/mol. The molecule has 1 aliphatic heterocycles. The molecule has 3 rings (SSSR count). The van der Waals surface area contributed by atoms with Crippen LogP contribution in [-0.4, -0.2) is 38.2 Å². The summed E-state index contributed by atoms with van der Waals surface area (Å²) < 4.78 is 27.0.